The Bertz CT molecular complexity index is 775. The van der Waals surface area contributed by atoms with Gasteiger partial charge in [-0.05, 0) is 56.0 Å². The summed E-state index contributed by atoms with van der Waals surface area (Å²) in [6.45, 7) is 8.05. The minimum absolute atomic E-state index is 0.181. The van der Waals surface area contributed by atoms with Crippen LogP contribution >= 0.6 is 24.4 Å². The van der Waals surface area contributed by atoms with E-state index in [1.807, 2.05) is 13.8 Å². The van der Waals surface area contributed by atoms with E-state index in [0.717, 1.165) is 15.4 Å². The number of rotatable bonds is 5. The maximum Gasteiger partial charge on any atom is 0.242 e. The van der Waals surface area contributed by atoms with Gasteiger partial charge in [0.05, 0.1) is 4.90 Å². The van der Waals surface area contributed by atoms with Crippen LogP contribution < -0.4 is 21.5 Å². The van der Waals surface area contributed by atoms with Crippen molar-refractivity contribution in [1.29, 1.82) is 0 Å². The Morgan fingerprint density at radius 3 is 2.36 bits per heavy atom. The molecule has 0 heterocycles. The van der Waals surface area contributed by atoms with Gasteiger partial charge in [-0.1, -0.05) is 18.2 Å². The van der Waals surface area contributed by atoms with Crippen LogP contribution in [-0.4, -0.2) is 43.6 Å². The minimum Gasteiger partial charge on any atom is -0.358 e. The van der Waals surface area contributed by atoms with Crippen molar-refractivity contribution < 1.29 is 8.42 Å². The summed E-state index contributed by atoms with van der Waals surface area (Å²) in [4.78, 5) is 0.181. The van der Waals surface area contributed by atoms with Crippen molar-refractivity contribution in [2.75, 3.05) is 26.0 Å². The summed E-state index contributed by atoms with van der Waals surface area (Å²) < 4.78 is 25.6. The van der Waals surface area contributed by atoms with Gasteiger partial charge >= 0.3 is 0 Å². The molecular weight excluding hydrogens is 378 g/mol. The molecule has 0 atom stereocenters. The van der Waals surface area contributed by atoms with E-state index in [9.17, 15) is 8.42 Å². The number of aryl methyl sites for hydroxylation is 1. The monoisotopic (exact) mass is 401 g/mol. The Balaban J connectivity index is 2.74. The van der Waals surface area contributed by atoms with E-state index in [-0.39, 0.29) is 10.0 Å². The number of anilines is 1. The lowest BCUT2D eigenvalue weighted by Gasteiger charge is -2.17. The highest BCUT2D eigenvalue weighted by Gasteiger charge is 2.18. The molecule has 1 aromatic carbocycles. The van der Waals surface area contributed by atoms with Crippen LogP contribution in [0.5, 0.6) is 0 Å². The van der Waals surface area contributed by atoms with Crippen molar-refractivity contribution in [3.05, 3.63) is 35.9 Å². The van der Waals surface area contributed by atoms with Crippen LogP contribution in [0.1, 0.15) is 12.5 Å². The van der Waals surface area contributed by atoms with E-state index in [0.29, 0.717) is 17.3 Å². The van der Waals surface area contributed by atoms with Gasteiger partial charge in [-0.2, -0.15) is 0 Å². The van der Waals surface area contributed by atoms with Crippen LogP contribution in [0, 0.1) is 6.92 Å². The zero-order valence-electron chi connectivity index (χ0n) is 14.6. The molecule has 10 heteroatoms. The first kappa shape index (κ1) is 21.3. The fourth-order valence-corrected chi connectivity index (χ4v) is 2.86. The number of benzene rings is 1. The lowest BCUT2D eigenvalue weighted by Crippen LogP contribution is -2.48. The predicted molar refractivity (Wildman–Crippen MR) is 110 cm³/mol. The molecule has 0 aliphatic heterocycles. The maximum absolute atomic E-state index is 12.2. The number of thiocarbonyl (C=S) groups is 2. The highest BCUT2D eigenvalue weighted by molar-refractivity contribution is 7.89. The molecular formula is C15H23N5O2S3. The molecule has 0 spiro atoms. The molecule has 0 saturated heterocycles. The molecule has 0 unspecified atom stereocenters. The van der Waals surface area contributed by atoms with Gasteiger partial charge in [0, 0.05) is 26.3 Å². The molecule has 0 aliphatic rings. The molecule has 1 rings (SSSR count). The number of hydrogen-bond acceptors (Lipinski definition) is 4. The fraction of sp³-hybridized carbons (Fsp3) is 0.333. The molecule has 0 saturated carbocycles. The van der Waals surface area contributed by atoms with Gasteiger partial charge in [0.1, 0.15) is 0 Å². The third-order valence-corrected chi connectivity index (χ3v) is 5.34. The number of hydrazine groups is 1. The van der Waals surface area contributed by atoms with Crippen molar-refractivity contribution in [2.24, 2.45) is 0 Å². The molecule has 138 valence electrons. The van der Waals surface area contributed by atoms with Gasteiger partial charge in [-0.15, -0.1) is 0 Å². The average molecular weight is 402 g/mol. The minimum atomic E-state index is -3.52. The third kappa shape index (κ3) is 6.58. The van der Waals surface area contributed by atoms with Crippen LogP contribution in [-0.2, 0) is 10.0 Å². The second-order valence-electron chi connectivity index (χ2n) is 5.61. The highest BCUT2D eigenvalue weighted by atomic mass is 32.2. The first-order valence-electron chi connectivity index (χ1n) is 7.32. The fourth-order valence-electron chi connectivity index (χ4n) is 1.65. The summed E-state index contributed by atoms with van der Waals surface area (Å²) >= 11 is 10.3. The van der Waals surface area contributed by atoms with Gasteiger partial charge in [-0.3, -0.25) is 10.9 Å². The first-order chi connectivity index (χ1) is 11.5. The predicted octanol–water partition coefficient (Wildman–Crippen LogP) is 1.49. The second kappa shape index (κ2) is 9.09. The molecule has 0 fully saturated rings. The van der Waals surface area contributed by atoms with Crippen molar-refractivity contribution >= 4 is 50.4 Å². The van der Waals surface area contributed by atoms with Crippen molar-refractivity contribution in [3.63, 3.8) is 0 Å². The van der Waals surface area contributed by atoms with E-state index < -0.39 is 10.0 Å². The largest absolute Gasteiger partial charge is 0.358 e. The van der Waals surface area contributed by atoms with E-state index in [2.05, 4.69) is 28.1 Å². The third-order valence-electron chi connectivity index (χ3n) is 3.08. The normalized spacial score (nSPS) is 10.9. The van der Waals surface area contributed by atoms with Crippen LogP contribution in [0.4, 0.5) is 5.69 Å². The number of nitrogens with one attached hydrogen (secondary N) is 4. The molecule has 4 N–H and O–H groups in total. The lowest BCUT2D eigenvalue weighted by molar-refractivity contribution is 0.521. The van der Waals surface area contributed by atoms with Gasteiger partial charge in [0.2, 0.25) is 10.0 Å². The number of hydrogen-bond donors (Lipinski definition) is 4. The smallest absolute Gasteiger partial charge is 0.242 e. The van der Waals surface area contributed by atoms with E-state index >= 15 is 0 Å². The van der Waals surface area contributed by atoms with Crippen LogP contribution in [0.25, 0.3) is 0 Å². The Morgan fingerprint density at radius 1 is 1.20 bits per heavy atom. The standard InChI is InChI=1S/C15H23N5O2S3/c1-10(2)9-16-14(23)18-19-15(24)17-13-8-12(7-6-11(13)3)25(21,22)20(4)5/h6-8H,1,9H2,2-5H3,(H2,16,18,23)(H2,17,19,24). The molecule has 1 aromatic rings. The topological polar surface area (TPSA) is 85.5 Å². The van der Waals surface area contributed by atoms with Gasteiger partial charge in [-0.25, -0.2) is 12.7 Å². The van der Waals surface area contributed by atoms with Crippen molar-refractivity contribution in [2.45, 2.75) is 18.7 Å². The molecule has 0 aromatic heterocycles. The highest BCUT2D eigenvalue weighted by Crippen LogP contribution is 2.21. The molecule has 0 aliphatic carbocycles. The van der Waals surface area contributed by atoms with E-state index in [4.69, 9.17) is 24.4 Å². The quantitative estimate of drug-likeness (QED) is 0.335. The molecule has 0 radical (unpaired) electrons. The van der Waals surface area contributed by atoms with Gasteiger partial charge < -0.3 is 10.6 Å². The van der Waals surface area contributed by atoms with Gasteiger partial charge in [0.15, 0.2) is 10.2 Å². The lowest BCUT2D eigenvalue weighted by atomic mass is 10.2. The number of sulfonamides is 1. The maximum atomic E-state index is 12.2. The Morgan fingerprint density at radius 2 is 1.80 bits per heavy atom. The Hall–Kier alpha value is -1.75. The zero-order valence-corrected chi connectivity index (χ0v) is 17.1. The van der Waals surface area contributed by atoms with Crippen LogP contribution in [0.3, 0.4) is 0 Å². The number of nitrogens with zero attached hydrogens (tertiary/aromatic N) is 1. The summed E-state index contributed by atoms with van der Waals surface area (Å²) in [5.41, 5.74) is 7.86. The van der Waals surface area contributed by atoms with E-state index in [1.165, 1.54) is 20.2 Å². The van der Waals surface area contributed by atoms with Crippen LogP contribution in [0.2, 0.25) is 0 Å². The van der Waals surface area contributed by atoms with Crippen molar-refractivity contribution in [3.8, 4) is 0 Å². The Labute approximate surface area is 159 Å². The molecule has 25 heavy (non-hydrogen) atoms. The summed E-state index contributed by atoms with van der Waals surface area (Å²) in [6, 6.07) is 4.81. The Kier molecular flexibility index (Phi) is 7.74. The average Bonchev–Trinajstić information content (AvgIpc) is 2.52. The zero-order chi connectivity index (χ0) is 19.2. The molecule has 0 amide bonds. The van der Waals surface area contributed by atoms with Gasteiger partial charge in [0.25, 0.3) is 0 Å². The second-order valence-corrected chi connectivity index (χ2v) is 8.58. The SMILES string of the molecule is C=C(C)CNC(=S)NNC(=S)Nc1cc(S(=O)(=O)N(C)C)ccc1C. The summed E-state index contributed by atoms with van der Waals surface area (Å²) in [7, 11) is -0.551. The van der Waals surface area contributed by atoms with Crippen LogP contribution in [0.15, 0.2) is 35.2 Å². The summed E-state index contributed by atoms with van der Waals surface area (Å²) in [6.07, 6.45) is 0. The first-order valence-corrected chi connectivity index (χ1v) is 9.58. The molecule has 7 nitrogen and oxygen atoms in total. The summed E-state index contributed by atoms with van der Waals surface area (Å²) in [5.74, 6) is 0. The van der Waals surface area contributed by atoms with E-state index in [1.54, 1.807) is 12.1 Å². The van der Waals surface area contributed by atoms with Crippen molar-refractivity contribution in [1.82, 2.24) is 20.5 Å². The summed E-state index contributed by atoms with van der Waals surface area (Å²) in [5, 5.41) is 6.51. The molecule has 0 bridgehead atoms.